The van der Waals surface area contributed by atoms with Crippen LogP contribution in [0.5, 0.6) is 0 Å². The van der Waals surface area contributed by atoms with Crippen molar-refractivity contribution in [1.82, 2.24) is 10.3 Å². The van der Waals surface area contributed by atoms with Crippen molar-refractivity contribution >= 4 is 22.4 Å². The minimum Gasteiger partial charge on any atom is -0.353 e. The lowest BCUT2D eigenvalue weighted by atomic mass is 9.95. The number of piperidine rings is 1. The van der Waals surface area contributed by atoms with Crippen LogP contribution in [-0.4, -0.2) is 30.0 Å². The van der Waals surface area contributed by atoms with Crippen LogP contribution in [0.2, 0.25) is 0 Å². The highest BCUT2D eigenvalue weighted by atomic mass is 32.1. The van der Waals surface area contributed by atoms with Gasteiger partial charge in [0.15, 0.2) is 5.13 Å². The number of aromatic nitrogens is 1. The Balaban J connectivity index is 1.57. The topological polar surface area (TPSA) is 45.2 Å². The van der Waals surface area contributed by atoms with E-state index in [1.165, 1.54) is 12.1 Å². The number of nitrogens with zero attached hydrogens (tertiary/aromatic N) is 2. The third kappa shape index (κ3) is 4.41. The van der Waals surface area contributed by atoms with Crippen LogP contribution < -0.4 is 10.2 Å². The number of hydrogen-bond acceptors (Lipinski definition) is 4. The van der Waals surface area contributed by atoms with Crippen LogP contribution in [0.1, 0.15) is 33.6 Å². The average Bonchev–Trinajstić information content (AvgIpc) is 3.12. The zero-order valence-corrected chi connectivity index (χ0v) is 16.4. The van der Waals surface area contributed by atoms with Crippen LogP contribution >= 0.6 is 11.3 Å². The minimum atomic E-state index is -0.240. The number of rotatable bonds is 5. The third-order valence-corrected chi connectivity index (χ3v) is 6.04. The summed E-state index contributed by atoms with van der Waals surface area (Å²) < 4.78 is 13.1. The number of benzene rings is 1. The van der Waals surface area contributed by atoms with Crippen LogP contribution in [-0.2, 0) is 4.79 Å². The van der Waals surface area contributed by atoms with E-state index in [-0.39, 0.29) is 23.7 Å². The summed E-state index contributed by atoms with van der Waals surface area (Å²) in [7, 11) is 0. The molecule has 1 N–H and O–H groups in total. The van der Waals surface area contributed by atoms with Gasteiger partial charge in [0.2, 0.25) is 5.91 Å². The highest BCUT2D eigenvalue weighted by Gasteiger charge is 2.27. The molecule has 4 nitrogen and oxygen atoms in total. The van der Waals surface area contributed by atoms with Crippen molar-refractivity contribution in [2.75, 3.05) is 18.0 Å². The molecule has 1 amide bonds. The van der Waals surface area contributed by atoms with E-state index in [0.29, 0.717) is 5.92 Å². The average molecular weight is 376 g/mol. The Morgan fingerprint density at radius 3 is 2.50 bits per heavy atom. The fourth-order valence-corrected chi connectivity index (χ4v) is 3.89. The molecule has 1 aromatic carbocycles. The normalized spacial score (nSPS) is 16.7. The molecule has 1 aromatic heterocycles. The number of amides is 1. The van der Waals surface area contributed by atoms with E-state index in [1.807, 2.05) is 5.38 Å². The highest BCUT2D eigenvalue weighted by molar-refractivity contribution is 7.14. The fourth-order valence-electron chi connectivity index (χ4n) is 3.00. The van der Waals surface area contributed by atoms with E-state index in [4.69, 9.17) is 4.98 Å². The molecule has 0 bridgehead atoms. The molecule has 2 aromatic rings. The largest absolute Gasteiger partial charge is 0.353 e. The maximum Gasteiger partial charge on any atom is 0.223 e. The van der Waals surface area contributed by atoms with Gasteiger partial charge in [0.25, 0.3) is 0 Å². The van der Waals surface area contributed by atoms with E-state index >= 15 is 0 Å². The predicted octanol–water partition coefficient (Wildman–Crippen LogP) is 4.33. The first-order valence-corrected chi connectivity index (χ1v) is 10.1. The lowest BCUT2D eigenvalue weighted by molar-refractivity contribution is -0.126. The van der Waals surface area contributed by atoms with Crippen molar-refractivity contribution in [3.63, 3.8) is 0 Å². The van der Waals surface area contributed by atoms with Crippen molar-refractivity contribution in [2.45, 2.75) is 39.7 Å². The van der Waals surface area contributed by atoms with Gasteiger partial charge in [0.1, 0.15) is 5.82 Å². The number of hydrogen-bond donors (Lipinski definition) is 1. The quantitative estimate of drug-likeness (QED) is 0.846. The smallest absolute Gasteiger partial charge is 0.223 e. The maximum atomic E-state index is 13.1. The van der Waals surface area contributed by atoms with Crippen molar-refractivity contribution in [3.8, 4) is 11.3 Å². The summed E-state index contributed by atoms with van der Waals surface area (Å²) in [5.41, 5.74) is 1.79. The van der Waals surface area contributed by atoms with Crippen LogP contribution in [0.15, 0.2) is 29.6 Å². The molecule has 3 rings (SSSR count). The number of anilines is 1. The molecule has 1 fully saturated rings. The van der Waals surface area contributed by atoms with Gasteiger partial charge in [-0.2, -0.15) is 0 Å². The Kier molecular flexibility index (Phi) is 5.91. The molecular formula is C20H26FN3OS. The van der Waals surface area contributed by atoms with Crippen LogP contribution in [0, 0.1) is 17.7 Å². The number of carbonyl (C=O) groups is 1. The van der Waals surface area contributed by atoms with Crippen molar-refractivity contribution in [3.05, 3.63) is 35.5 Å². The standard InChI is InChI=1S/C20H26FN3OS/c1-13(2)14(3)22-19(25)16-8-10-24(11-9-16)20-23-18(12-26-20)15-4-6-17(21)7-5-15/h4-7,12-14,16H,8-11H2,1-3H3,(H,22,25). The first-order chi connectivity index (χ1) is 12.4. The Morgan fingerprint density at radius 2 is 1.88 bits per heavy atom. The van der Waals surface area contributed by atoms with E-state index in [9.17, 15) is 9.18 Å². The molecule has 2 heterocycles. The molecule has 0 saturated carbocycles. The summed E-state index contributed by atoms with van der Waals surface area (Å²) in [6, 6.07) is 6.62. The van der Waals surface area contributed by atoms with Gasteiger partial charge in [-0.25, -0.2) is 9.37 Å². The van der Waals surface area contributed by atoms with Gasteiger partial charge in [-0.3, -0.25) is 4.79 Å². The summed E-state index contributed by atoms with van der Waals surface area (Å²) >= 11 is 1.60. The van der Waals surface area contributed by atoms with Crippen molar-refractivity contribution in [2.24, 2.45) is 11.8 Å². The molecular weight excluding hydrogens is 349 g/mol. The molecule has 0 aliphatic carbocycles. The van der Waals surface area contributed by atoms with Gasteiger partial charge in [-0.05, 0) is 49.9 Å². The van der Waals surface area contributed by atoms with Gasteiger partial charge in [-0.15, -0.1) is 11.3 Å². The second-order valence-electron chi connectivity index (χ2n) is 7.32. The van der Waals surface area contributed by atoms with Crippen LogP contribution in [0.4, 0.5) is 9.52 Å². The van der Waals surface area contributed by atoms with Gasteiger partial charge in [-0.1, -0.05) is 13.8 Å². The molecule has 1 atom stereocenters. The summed E-state index contributed by atoms with van der Waals surface area (Å²) in [5.74, 6) is 0.469. The number of halogens is 1. The van der Waals surface area contributed by atoms with Gasteiger partial charge >= 0.3 is 0 Å². The van der Waals surface area contributed by atoms with Gasteiger partial charge < -0.3 is 10.2 Å². The van der Waals surface area contributed by atoms with E-state index < -0.39 is 0 Å². The van der Waals surface area contributed by atoms with Crippen LogP contribution in [0.25, 0.3) is 11.3 Å². The van der Waals surface area contributed by atoms with Crippen molar-refractivity contribution < 1.29 is 9.18 Å². The molecule has 6 heteroatoms. The lowest BCUT2D eigenvalue weighted by Crippen LogP contribution is -2.44. The number of nitrogens with one attached hydrogen (secondary N) is 1. The molecule has 1 unspecified atom stereocenters. The van der Waals surface area contributed by atoms with E-state index in [2.05, 4.69) is 31.0 Å². The summed E-state index contributed by atoms with van der Waals surface area (Å²) in [5, 5.41) is 6.11. The van der Waals surface area contributed by atoms with Crippen molar-refractivity contribution in [1.29, 1.82) is 0 Å². The van der Waals surface area contributed by atoms with Crippen LogP contribution in [0.3, 0.4) is 0 Å². The van der Waals surface area contributed by atoms with Gasteiger partial charge in [0, 0.05) is 36.0 Å². The Bertz CT molecular complexity index is 736. The number of thiazole rings is 1. The highest BCUT2D eigenvalue weighted by Crippen LogP contribution is 2.30. The molecule has 1 aliphatic rings. The second kappa shape index (κ2) is 8.16. The molecule has 140 valence electrons. The molecule has 26 heavy (non-hydrogen) atoms. The first kappa shape index (κ1) is 18.8. The zero-order chi connectivity index (χ0) is 18.7. The summed E-state index contributed by atoms with van der Waals surface area (Å²) in [6.07, 6.45) is 1.70. The fraction of sp³-hybridized carbons (Fsp3) is 0.500. The Morgan fingerprint density at radius 1 is 1.23 bits per heavy atom. The van der Waals surface area contributed by atoms with E-state index in [1.54, 1.807) is 23.5 Å². The molecule has 0 spiro atoms. The summed E-state index contributed by atoms with van der Waals surface area (Å²) in [4.78, 5) is 19.3. The second-order valence-corrected chi connectivity index (χ2v) is 8.16. The SMILES string of the molecule is CC(C)C(C)NC(=O)C1CCN(c2nc(-c3ccc(F)cc3)cs2)CC1. The van der Waals surface area contributed by atoms with Gasteiger partial charge in [0.05, 0.1) is 5.69 Å². The molecule has 1 saturated heterocycles. The third-order valence-electron chi connectivity index (χ3n) is 5.14. The maximum absolute atomic E-state index is 13.1. The zero-order valence-electron chi connectivity index (χ0n) is 15.5. The minimum absolute atomic E-state index is 0.0870. The summed E-state index contributed by atoms with van der Waals surface area (Å²) in [6.45, 7) is 7.97. The van der Waals surface area contributed by atoms with E-state index in [0.717, 1.165) is 42.3 Å². The number of carbonyl (C=O) groups excluding carboxylic acids is 1. The first-order valence-electron chi connectivity index (χ1n) is 9.21. The Labute approximate surface area is 158 Å². The molecule has 1 aliphatic heterocycles. The predicted molar refractivity (Wildman–Crippen MR) is 105 cm³/mol. The Hall–Kier alpha value is -1.95. The lowest BCUT2D eigenvalue weighted by Gasteiger charge is -2.32. The monoisotopic (exact) mass is 375 g/mol. The molecule has 0 radical (unpaired) electrons.